The van der Waals surface area contributed by atoms with Crippen LogP contribution in [0.2, 0.25) is 0 Å². The van der Waals surface area contributed by atoms with Crippen molar-refractivity contribution in [1.82, 2.24) is 15.5 Å². The second-order valence-electron chi connectivity index (χ2n) is 10.1. The summed E-state index contributed by atoms with van der Waals surface area (Å²) in [6.07, 6.45) is -3.11. The fourth-order valence-corrected chi connectivity index (χ4v) is 4.73. The summed E-state index contributed by atoms with van der Waals surface area (Å²) in [5, 5.41) is 7.98. The third-order valence-electron chi connectivity index (χ3n) is 6.65. The molecule has 37 heavy (non-hydrogen) atoms. The maximum atomic E-state index is 13.2. The number of nitrogens with zero attached hydrogens (tertiary/aromatic N) is 1. The lowest BCUT2D eigenvalue weighted by atomic mass is 10.0. The van der Waals surface area contributed by atoms with E-state index in [2.05, 4.69) is 15.5 Å². The van der Waals surface area contributed by atoms with Crippen molar-refractivity contribution in [3.05, 3.63) is 83.4 Å². The summed E-state index contributed by atoms with van der Waals surface area (Å²) in [6.45, 7) is 5.84. The van der Waals surface area contributed by atoms with Crippen LogP contribution < -0.4 is 10.6 Å². The Kier molecular flexibility index (Phi) is 8.17. The van der Waals surface area contributed by atoms with Crippen molar-refractivity contribution in [3.8, 4) is 0 Å². The Bertz CT molecular complexity index is 1240. The first kappa shape index (κ1) is 26.7. The largest absolute Gasteiger partial charge is 0.416 e. The summed E-state index contributed by atoms with van der Waals surface area (Å²) in [7, 11) is 0. The molecular formula is C29H32F3N3O2. The summed E-state index contributed by atoms with van der Waals surface area (Å²) in [4.78, 5) is 28.3. The minimum Gasteiger partial charge on any atom is -0.350 e. The van der Waals surface area contributed by atoms with Gasteiger partial charge in [0, 0.05) is 31.2 Å². The molecule has 0 radical (unpaired) electrons. The van der Waals surface area contributed by atoms with Crippen LogP contribution >= 0.6 is 0 Å². The molecule has 2 atom stereocenters. The minimum absolute atomic E-state index is 0.0887. The molecule has 3 aromatic carbocycles. The number of nitrogens with one attached hydrogen (secondary N) is 2. The zero-order chi connectivity index (χ0) is 26.6. The molecule has 2 amide bonds. The predicted octanol–water partition coefficient (Wildman–Crippen LogP) is 5.39. The Morgan fingerprint density at radius 3 is 2.38 bits per heavy atom. The van der Waals surface area contributed by atoms with E-state index in [1.54, 1.807) is 6.07 Å². The third-order valence-corrected chi connectivity index (χ3v) is 6.65. The minimum atomic E-state index is -4.35. The van der Waals surface area contributed by atoms with E-state index in [4.69, 9.17) is 0 Å². The van der Waals surface area contributed by atoms with Gasteiger partial charge in [0.2, 0.25) is 5.91 Å². The Hall–Kier alpha value is -3.39. The van der Waals surface area contributed by atoms with Gasteiger partial charge in [0.05, 0.1) is 5.56 Å². The van der Waals surface area contributed by atoms with Crippen molar-refractivity contribution in [1.29, 1.82) is 0 Å². The average molecular weight is 512 g/mol. The maximum Gasteiger partial charge on any atom is 0.416 e. The zero-order valence-electron chi connectivity index (χ0n) is 21.0. The van der Waals surface area contributed by atoms with Crippen molar-refractivity contribution in [3.63, 3.8) is 0 Å². The summed E-state index contributed by atoms with van der Waals surface area (Å²) in [5.74, 6) is -0.307. The van der Waals surface area contributed by atoms with Crippen LogP contribution in [0.4, 0.5) is 13.2 Å². The molecule has 1 aliphatic heterocycles. The van der Waals surface area contributed by atoms with Crippen molar-refractivity contribution in [2.45, 2.75) is 51.5 Å². The number of carbonyl (C=O) groups is 2. The van der Waals surface area contributed by atoms with Crippen LogP contribution in [0.15, 0.2) is 66.7 Å². The molecule has 3 aromatic rings. The number of hydrogen-bond acceptors (Lipinski definition) is 3. The lowest BCUT2D eigenvalue weighted by Gasteiger charge is -2.23. The van der Waals surface area contributed by atoms with E-state index in [-0.39, 0.29) is 23.8 Å². The molecule has 196 valence electrons. The molecular weight excluding hydrogens is 479 g/mol. The summed E-state index contributed by atoms with van der Waals surface area (Å²) >= 11 is 0. The topological polar surface area (TPSA) is 61.4 Å². The lowest BCUT2D eigenvalue weighted by molar-refractivity contribution is -0.137. The van der Waals surface area contributed by atoms with Gasteiger partial charge in [-0.05, 0) is 59.4 Å². The Balaban J connectivity index is 1.34. The summed E-state index contributed by atoms with van der Waals surface area (Å²) < 4.78 is 38.4. The van der Waals surface area contributed by atoms with Gasteiger partial charge in [0.25, 0.3) is 5.91 Å². The number of rotatable bonds is 8. The monoisotopic (exact) mass is 511 g/mol. The van der Waals surface area contributed by atoms with Crippen LogP contribution in [-0.4, -0.2) is 41.9 Å². The first-order valence-corrected chi connectivity index (χ1v) is 12.6. The first-order chi connectivity index (χ1) is 17.6. The fourth-order valence-electron chi connectivity index (χ4n) is 4.73. The normalized spacial score (nSPS) is 17.2. The quantitative estimate of drug-likeness (QED) is 0.426. The number of hydrogen-bond donors (Lipinski definition) is 2. The van der Waals surface area contributed by atoms with Gasteiger partial charge in [-0.2, -0.15) is 13.2 Å². The smallest absolute Gasteiger partial charge is 0.350 e. The van der Waals surface area contributed by atoms with Crippen LogP contribution in [0.1, 0.15) is 48.2 Å². The molecule has 0 unspecified atom stereocenters. The molecule has 0 spiro atoms. The lowest BCUT2D eigenvalue weighted by Crippen LogP contribution is -2.50. The van der Waals surface area contributed by atoms with E-state index in [9.17, 15) is 22.8 Å². The first-order valence-electron chi connectivity index (χ1n) is 12.6. The second-order valence-corrected chi connectivity index (χ2v) is 10.1. The molecule has 0 saturated carbocycles. The molecule has 2 N–H and O–H groups in total. The highest BCUT2D eigenvalue weighted by molar-refractivity contribution is 6.00. The molecule has 0 aromatic heterocycles. The maximum absolute atomic E-state index is 13.2. The van der Waals surface area contributed by atoms with E-state index in [1.807, 2.05) is 50.2 Å². The van der Waals surface area contributed by atoms with Gasteiger partial charge in [-0.3, -0.25) is 14.5 Å². The van der Waals surface area contributed by atoms with E-state index < -0.39 is 17.8 Å². The van der Waals surface area contributed by atoms with Crippen molar-refractivity contribution in [2.75, 3.05) is 13.1 Å². The highest BCUT2D eigenvalue weighted by Crippen LogP contribution is 2.29. The number of amides is 2. The zero-order valence-corrected chi connectivity index (χ0v) is 21.0. The second kappa shape index (κ2) is 11.3. The Labute approximate surface area is 215 Å². The van der Waals surface area contributed by atoms with E-state index >= 15 is 0 Å². The van der Waals surface area contributed by atoms with Gasteiger partial charge >= 0.3 is 6.18 Å². The molecule has 1 aliphatic rings. The molecule has 8 heteroatoms. The van der Waals surface area contributed by atoms with Crippen molar-refractivity contribution < 1.29 is 22.8 Å². The van der Waals surface area contributed by atoms with Crippen LogP contribution in [0.5, 0.6) is 0 Å². The summed E-state index contributed by atoms with van der Waals surface area (Å²) in [6, 6.07) is 17.7. The number of carbonyl (C=O) groups excluding carboxylic acids is 2. The van der Waals surface area contributed by atoms with E-state index in [0.717, 1.165) is 41.4 Å². The SMILES string of the molecule is CC(C)C[C@H](NC(=O)c1ccc2ccccc2c1)C(=O)N[C@H]1CCN(Cc2ccc(C(F)(F)F)cc2)C1. The molecule has 1 saturated heterocycles. The summed E-state index contributed by atoms with van der Waals surface area (Å²) in [5.41, 5.74) is 0.633. The molecule has 5 nitrogen and oxygen atoms in total. The fraction of sp³-hybridized carbons (Fsp3) is 0.379. The van der Waals surface area contributed by atoms with Gasteiger partial charge in [0.15, 0.2) is 0 Å². The van der Waals surface area contributed by atoms with Crippen LogP contribution in [0, 0.1) is 5.92 Å². The Morgan fingerprint density at radius 2 is 1.70 bits per heavy atom. The number of likely N-dealkylation sites (tertiary alicyclic amines) is 1. The number of halogens is 3. The van der Waals surface area contributed by atoms with Crippen molar-refractivity contribution >= 4 is 22.6 Å². The Morgan fingerprint density at radius 1 is 1.00 bits per heavy atom. The molecule has 4 rings (SSSR count). The van der Waals surface area contributed by atoms with Crippen LogP contribution in [-0.2, 0) is 17.5 Å². The van der Waals surface area contributed by atoms with Gasteiger partial charge in [-0.25, -0.2) is 0 Å². The van der Waals surface area contributed by atoms with Crippen molar-refractivity contribution in [2.24, 2.45) is 5.92 Å². The highest BCUT2D eigenvalue weighted by Gasteiger charge is 2.31. The third kappa shape index (κ3) is 7.10. The van der Waals surface area contributed by atoms with Crippen LogP contribution in [0.3, 0.4) is 0 Å². The predicted molar refractivity (Wildman–Crippen MR) is 138 cm³/mol. The van der Waals surface area contributed by atoms with E-state index in [1.165, 1.54) is 12.1 Å². The van der Waals surface area contributed by atoms with E-state index in [0.29, 0.717) is 25.1 Å². The van der Waals surface area contributed by atoms with Gasteiger partial charge < -0.3 is 10.6 Å². The van der Waals surface area contributed by atoms with Gasteiger partial charge in [0.1, 0.15) is 6.04 Å². The number of alkyl halides is 3. The molecule has 1 fully saturated rings. The van der Waals surface area contributed by atoms with Crippen LogP contribution in [0.25, 0.3) is 10.8 Å². The standard InChI is InChI=1S/C29H32F3N3O2/c1-19(2)15-26(34-27(36)23-10-9-21-5-3-4-6-22(21)16-23)28(37)33-25-13-14-35(18-25)17-20-7-11-24(12-8-20)29(30,31)32/h3-12,16,19,25-26H,13-15,17-18H2,1-2H3,(H,33,37)(H,34,36)/t25-,26-/m0/s1. The number of fused-ring (bicyclic) bond motifs is 1. The average Bonchev–Trinajstić information content (AvgIpc) is 3.29. The highest BCUT2D eigenvalue weighted by atomic mass is 19.4. The molecule has 1 heterocycles. The molecule has 0 aliphatic carbocycles. The number of benzene rings is 3. The van der Waals surface area contributed by atoms with Gasteiger partial charge in [-0.1, -0.05) is 56.3 Å². The van der Waals surface area contributed by atoms with Gasteiger partial charge in [-0.15, -0.1) is 0 Å². The molecule has 0 bridgehead atoms.